The lowest BCUT2D eigenvalue weighted by Crippen LogP contribution is -2.37. The zero-order chi connectivity index (χ0) is 18.9. The molecular weight excluding hydrogens is 366 g/mol. The van der Waals surface area contributed by atoms with Crippen LogP contribution in [0.5, 0.6) is 0 Å². The summed E-state index contributed by atoms with van der Waals surface area (Å²) in [4.78, 5) is 17.7. The SMILES string of the molecule is CN(C(=O)CCc1ncc(-c2ccc(F)cc2F)o1)C1CCS(=O)(=O)C1. The number of carbonyl (C=O) groups excluding carboxylic acids is 1. The number of oxazole rings is 1. The minimum Gasteiger partial charge on any atom is -0.441 e. The highest BCUT2D eigenvalue weighted by Crippen LogP contribution is 2.25. The van der Waals surface area contributed by atoms with Crippen molar-refractivity contribution in [3.05, 3.63) is 41.9 Å². The van der Waals surface area contributed by atoms with Crippen LogP contribution in [0.15, 0.2) is 28.8 Å². The molecule has 1 aliphatic heterocycles. The van der Waals surface area contributed by atoms with Gasteiger partial charge in [-0.05, 0) is 18.6 Å². The largest absolute Gasteiger partial charge is 0.441 e. The minimum atomic E-state index is -3.06. The third-order valence-corrected chi connectivity index (χ3v) is 6.20. The monoisotopic (exact) mass is 384 g/mol. The fourth-order valence-electron chi connectivity index (χ4n) is 2.91. The third kappa shape index (κ3) is 4.09. The first kappa shape index (κ1) is 18.5. The Bertz CT molecular complexity index is 927. The van der Waals surface area contributed by atoms with E-state index in [0.29, 0.717) is 6.42 Å². The summed E-state index contributed by atoms with van der Waals surface area (Å²) >= 11 is 0. The number of hydrogen-bond acceptors (Lipinski definition) is 5. The molecule has 0 bridgehead atoms. The highest BCUT2D eigenvalue weighted by atomic mass is 32.2. The number of halogens is 2. The van der Waals surface area contributed by atoms with Crippen LogP contribution < -0.4 is 0 Å². The molecule has 0 spiro atoms. The molecule has 2 heterocycles. The summed E-state index contributed by atoms with van der Waals surface area (Å²) in [6.07, 6.45) is 2.06. The molecule has 1 saturated heterocycles. The lowest BCUT2D eigenvalue weighted by Gasteiger charge is -2.23. The molecule has 1 aromatic heterocycles. The van der Waals surface area contributed by atoms with Crippen LogP contribution in [0.3, 0.4) is 0 Å². The molecule has 26 heavy (non-hydrogen) atoms. The molecule has 1 amide bonds. The van der Waals surface area contributed by atoms with E-state index in [2.05, 4.69) is 4.98 Å². The standard InChI is InChI=1S/C17H18F2N2O4S/c1-21(12-6-7-26(23,24)10-12)17(22)5-4-16-20-9-15(25-16)13-3-2-11(18)8-14(13)19/h2-3,8-9,12H,4-7,10H2,1H3. The number of hydrogen-bond donors (Lipinski definition) is 0. The summed E-state index contributed by atoms with van der Waals surface area (Å²) in [6, 6.07) is 2.83. The Morgan fingerprint density at radius 1 is 1.38 bits per heavy atom. The van der Waals surface area contributed by atoms with Crippen molar-refractivity contribution in [1.82, 2.24) is 9.88 Å². The third-order valence-electron chi connectivity index (χ3n) is 4.45. The Morgan fingerprint density at radius 3 is 2.81 bits per heavy atom. The van der Waals surface area contributed by atoms with Crippen LogP contribution in [-0.2, 0) is 21.1 Å². The predicted octanol–water partition coefficient (Wildman–Crippen LogP) is 2.20. The number of aromatic nitrogens is 1. The van der Waals surface area contributed by atoms with Gasteiger partial charge in [-0.3, -0.25) is 4.79 Å². The van der Waals surface area contributed by atoms with Crippen LogP contribution in [0.25, 0.3) is 11.3 Å². The van der Waals surface area contributed by atoms with Gasteiger partial charge in [0, 0.05) is 32.0 Å². The van der Waals surface area contributed by atoms with E-state index in [1.54, 1.807) is 7.05 Å². The first-order valence-electron chi connectivity index (χ1n) is 8.11. The molecule has 0 N–H and O–H groups in total. The molecule has 0 aliphatic carbocycles. The molecule has 9 heteroatoms. The zero-order valence-corrected chi connectivity index (χ0v) is 14.9. The fraction of sp³-hybridized carbons (Fsp3) is 0.412. The Kier molecular flexibility index (Phi) is 5.08. The summed E-state index contributed by atoms with van der Waals surface area (Å²) in [5.74, 6) is -1.16. The quantitative estimate of drug-likeness (QED) is 0.790. The summed E-state index contributed by atoms with van der Waals surface area (Å²) in [5, 5.41) is 0. The highest BCUT2D eigenvalue weighted by Gasteiger charge is 2.32. The van der Waals surface area contributed by atoms with Gasteiger partial charge >= 0.3 is 0 Å². The van der Waals surface area contributed by atoms with E-state index in [0.717, 1.165) is 12.1 Å². The van der Waals surface area contributed by atoms with Crippen LogP contribution in [0, 0.1) is 11.6 Å². The molecule has 0 saturated carbocycles. The van der Waals surface area contributed by atoms with E-state index in [-0.39, 0.29) is 53.5 Å². The maximum Gasteiger partial charge on any atom is 0.223 e. The normalized spacial score (nSPS) is 18.8. The number of amides is 1. The number of nitrogens with zero attached hydrogens (tertiary/aromatic N) is 2. The lowest BCUT2D eigenvalue weighted by atomic mass is 10.2. The molecule has 1 aromatic carbocycles. The Morgan fingerprint density at radius 2 is 2.15 bits per heavy atom. The van der Waals surface area contributed by atoms with Gasteiger partial charge in [-0.1, -0.05) is 0 Å². The topological polar surface area (TPSA) is 80.5 Å². The fourth-order valence-corrected chi connectivity index (χ4v) is 4.69. The van der Waals surface area contributed by atoms with Crippen LogP contribution in [0.1, 0.15) is 18.7 Å². The van der Waals surface area contributed by atoms with Crippen molar-refractivity contribution in [1.29, 1.82) is 0 Å². The van der Waals surface area contributed by atoms with Gasteiger partial charge in [0.2, 0.25) is 5.91 Å². The second-order valence-electron chi connectivity index (χ2n) is 6.30. The van der Waals surface area contributed by atoms with E-state index >= 15 is 0 Å². The first-order valence-corrected chi connectivity index (χ1v) is 9.93. The molecule has 2 aromatic rings. The maximum absolute atomic E-state index is 13.8. The molecule has 3 rings (SSSR count). The van der Waals surface area contributed by atoms with E-state index < -0.39 is 21.5 Å². The second-order valence-corrected chi connectivity index (χ2v) is 8.53. The van der Waals surface area contributed by atoms with Crippen molar-refractivity contribution in [2.75, 3.05) is 18.6 Å². The van der Waals surface area contributed by atoms with Gasteiger partial charge in [0.05, 0.1) is 23.3 Å². The molecule has 1 atom stereocenters. The molecule has 1 fully saturated rings. The van der Waals surface area contributed by atoms with Gasteiger partial charge in [0.15, 0.2) is 21.5 Å². The van der Waals surface area contributed by atoms with Crippen LogP contribution in [-0.4, -0.2) is 48.8 Å². The van der Waals surface area contributed by atoms with Crippen molar-refractivity contribution >= 4 is 15.7 Å². The van der Waals surface area contributed by atoms with Crippen molar-refractivity contribution in [3.8, 4) is 11.3 Å². The van der Waals surface area contributed by atoms with Crippen molar-refractivity contribution in [3.63, 3.8) is 0 Å². The van der Waals surface area contributed by atoms with Gasteiger partial charge in [-0.15, -0.1) is 0 Å². The molecular formula is C17H18F2N2O4S. The van der Waals surface area contributed by atoms with Gasteiger partial charge in [-0.2, -0.15) is 0 Å². The van der Waals surface area contributed by atoms with E-state index in [9.17, 15) is 22.0 Å². The van der Waals surface area contributed by atoms with Crippen molar-refractivity contribution in [2.45, 2.75) is 25.3 Å². The zero-order valence-electron chi connectivity index (χ0n) is 14.1. The van der Waals surface area contributed by atoms with Crippen LogP contribution >= 0.6 is 0 Å². The Balaban J connectivity index is 1.60. The van der Waals surface area contributed by atoms with Crippen LogP contribution in [0.4, 0.5) is 8.78 Å². The number of aryl methyl sites for hydroxylation is 1. The Hall–Kier alpha value is -2.29. The number of carbonyl (C=O) groups is 1. The van der Waals surface area contributed by atoms with E-state index in [1.165, 1.54) is 17.2 Å². The van der Waals surface area contributed by atoms with Gasteiger partial charge < -0.3 is 9.32 Å². The first-order chi connectivity index (χ1) is 12.2. The number of sulfone groups is 1. The van der Waals surface area contributed by atoms with E-state index in [1.807, 2.05) is 0 Å². The number of rotatable bonds is 5. The molecule has 140 valence electrons. The van der Waals surface area contributed by atoms with E-state index in [4.69, 9.17) is 4.42 Å². The highest BCUT2D eigenvalue weighted by molar-refractivity contribution is 7.91. The Labute approximate surface area is 149 Å². The average molecular weight is 384 g/mol. The predicted molar refractivity (Wildman–Crippen MR) is 90.0 cm³/mol. The van der Waals surface area contributed by atoms with Crippen LogP contribution in [0.2, 0.25) is 0 Å². The molecule has 0 radical (unpaired) electrons. The van der Waals surface area contributed by atoms with Crippen molar-refractivity contribution in [2.24, 2.45) is 0 Å². The second kappa shape index (κ2) is 7.14. The summed E-state index contributed by atoms with van der Waals surface area (Å²) in [6.45, 7) is 0. The minimum absolute atomic E-state index is 0.0117. The molecule has 1 aliphatic rings. The molecule has 6 nitrogen and oxygen atoms in total. The molecule has 1 unspecified atom stereocenters. The summed E-state index contributed by atoms with van der Waals surface area (Å²) in [7, 11) is -1.48. The smallest absolute Gasteiger partial charge is 0.223 e. The maximum atomic E-state index is 13.8. The average Bonchev–Trinajstić information content (AvgIpc) is 3.18. The summed E-state index contributed by atoms with van der Waals surface area (Å²) < 4.78 is 55.2. The number of benzene rings is 1. The van der Waals surface area contributed by atoms with Crippen molar-refractivity contribution < 1.29 is 26.4 Å². The summed E-state index contributed by atoms with van der Waals surface area (Å²) in [5.41, 5.74) is 0.0877. The van der Waals surface area contributed by atoms with Gasteiger partial charge in [-0.25, -0.2) is 22.2 Å². The van der Waals surface area contributed by atoms with Gasteiger partial charge in [0.25, 0.3) is 0 Å². The van der Waals surface area contributed by atoms with Gasteiger partial charge in [0.1, 0.15) is 11.6 Å². The lowest BCUT2D eigenvalue weighted by molar-refractivity contribution is -0.131.